The molecular weight excluding hydrogens is 231 g/mol. The van der Waals surface area contributed by atoms with Gasteiger partial charge in [-0.2, -0.15) is 0 Å². The third-order valence-electron chi connectivity index (χ3n) is 2.52. The Morgan fingerprint density at radius 1 is 1.22 bits per heavy atom. The van der Waals surface area contributed by atoms with Gasteiger partial charge < -0.3 is 10.1 Å². The Hall–Kier alpha value is -1.94. The van der Waals surface area contributed by atoms with Crippen LogP contribution < -0.4 is 5.32 Å². The van der Waals surface area contributed by atoms with Crippen molar-refractivity contribution < 1.29 is 9.13 Å². The smallest absolute Gasteiger partial charge is 0.165 e. The summed E-state index contributed by atoms with van der Waals surface area (Å²) >= 11 is 0. The monoisotopic (exact) mass is 246 g/mol. The van der Waals surface area contributed by atoms with E-state index in [0.717, 1.165) is 11.1 Å². The zero-order valence-electron chi connectivity index (χ0n) is 10.2. The lowest BCUT2D eigenvalue weighted by atomic mass is 10.1. The Balaban J connectivity index is 2.02. The fourth-order valence-electron chi connectivity index (χ4n) is 1.70. The molecule has 0 aliphatic carbocycles. The second-order valence-electron chi connectivity index (χ2n) is 3.94. The average molecular weight is 246 g/mol. The lowest BCUT2D eigenvalue weighted by Crippen LogP contribution is -2.03. The lowest BCUT2D eigenvalue weighted by molar-refractivity contribution is 0.185. The van der Waals surface area contributed by atoms with E-state index < -0.39 is 0 Å². The molecule has 0 radical (unpaired) electrons. The van der Waals surface area contributed by atoms with Crippen LogP contribution in [-0.4, -0.2) is 12.1 Å². The minimum atomic E-state index is -0.342. The van der Waals surface area contributed by atoms with Gasteiger partial charge in [0.25, 0.3) is 0 Å². The quantitative estimate of drug-likeness (QED) is 0.880. The second kappa shape index (κ2) is 6.12. The molecule has 0 unspecified atom stereocenters. The van der Waals surface area contributed by atoms with Gasteiger partial charge in [0.2, 0.25) is 0 Å². The van der Waals surface area contributed by atoms with Crippen molar-refractivity contribution in [3.05, 3.63) is 59.5 Å². The first-order chi connectivity index (χ1) is 8.79. The van der Waals surface area contributed by atoms with Crippen LogP contribution >= 0.6 is 0 Å². The van der Waals surface area contributed by atoms with Crippen molar-refractivity contribution in [1.29, 1.82) is 0 Å². The number of aromatic nitrogens is 1. The highest BCUT2D eigenvalue weighted by molar-refractivity contribution is 5.37. The van der Waals surface area contributed by atoms with Gasteiger partial charge in [0.1, 0.15) is 0 Å². The molecule has 0 aliphatic heterocycles. The first kappa shape index (κ1) is 12.5. The van der Waals surface area contributed by atoms with Gasteiger partial charge in [0.05, 0.1) is 6.61 Å². The van der Waals surface area contributed by atoms with Crippen LogP contribution in [0, 0.1) is 5.82 Å². The zero-order chi connectivity index (χ0) is 12.8. The third kappa shape index (κ3) is 3.28. The number of benzene rings is 1. The van der Waals surface area contributed by atoms with E-state index in [-0.39, 0.29) is 11.6 Å². The number of anilines is 1. The molecule has 0 atom stereocenters. The van der Waals surface area contributed by atoms with E-state index in [9.17, 15) is 4.39 Å². The predicted octanol–water partition coefficient (Wildman–Crippen LogP) is 2.98. The molecule has 0 saturated carbocycles. The number of hydrogen-bond donors (Lipinski definition) is 1. The van der Waals surface area contributed by atoms with Crippen molar-refractivity contribution in [2.75, 3.05) is 12.4 Å². The number of rotatable bonds is 5. The Kier molecular flexibility index (Phi) is 4.25. The maximum atomic E-state index is 13.3. The number of pyridine rings is 1. The molecule has 0 fully saturated rings. The summed E-state index contributed by atoms with van der Waals surface area (Å²) in [7, 11) is 1.66. The highest BCUT2D eigenvalue weighted by atomic mass is 19.1. The molecule has 94 valence electrons. The van der Waals surface area contributed by atoms with Crippen molar-refractivity contribution in [3.63, 3.8) is 0 Å². The highest BCUT2D eigenvalue weighted by Crippen LogP contribution is 2.12. The van der Waals surface area contributed by atoms with Gasteiger partial charge in [-0.15, -0.1) is 0 Å². The molecule has 1 aromatic heterocycles. The first-order valence-corrected chi connectivity index (χ1v) is 5.71. The van der Waals surface area contributed by atoms with Crippen LogP contribution in [0.2, 0.25) is 0 Å². The molecule has 1 N–H and O–H groups in total. The summed E-state index contributed by atoms with van der Waals surface area (Å²) in [6.07, 6.45) is 1.56. The fraction of sp³-hybridized carbons (Fsp3) is 0.214. The molecular formula is C14H15FN2O. The molecule has 3 nitrogen and oxygen atoms in total. The highest BCUT2D eigenvalue weighted by Gasteiger charge is 2.02. The van der Waals surface area contributed by atoms with E-state index in [1.807, 2.05) is 24.3 Å². The van der Waals surface area contributed by atoms with Crippen LogP contribution in [0.15, 0.2) is 42.6 Å². The van der Waals surface area contributed by atoms with E-state index in [2.05, 4.69) is 10.3 Å². The number of hydrogen-bond acceptors (Lipinski definition) is 3. The molecule has 1 heterocycles. The summed E-state index contributed by atoms with van der Waals surface area (Å²) in [5, 5.41) is 2.97. The minimum absolute atomic E-state index is 0.273. The molecule has 0 amide bonds. The zero-order valence-corrected chi connectivity index (χ0v) is 10.2. The van der Waals surface area contributed by atoms with Gasteiger partial charge in [0.15, 0.2) is 11.6 Å². The van der Waals surface area contributed by atoms with E-state index in [0.29, 0.717) is 13.2 Å². The molecule has 18 heavy (non-hydrogen) atoms. The number of nitrogens with zero attached hydrogens (tertiary/aromatic N) is 1. The summed E-state index contributed by atoms with van der Waals surface area (Å²) in [6.45, 7) is 1.11. The number of halogens is 1. The Morgan fingerprint density at radius 2 is 2.06 bits per heavy atom. The topological polar surface area (TPSA) is 34.1 Å². The van der Waals surface area contributed by atoms with E-state index in [1.54, 1.807) is 19.4 Å². The lowest BCUT2D eigenvalue weighted by Gasteiger charge is -2.07. The van der Waals surface area contributed by atoms with Crippen LogP contribution in [0.3, 0.4) is 0 Å². The summed E-state index contributed by atoms with van der Waals surface area (Å²) in [6, 6.07) is 10.9. The molecule has 0 aliphatic rings. The van der Waals surface area contributed by atoms with Crippen molar-refractivity contribution in [3.8, 4) is 0 Å². The molecule has 2 rings (SSSR count). The number of nitrogens with one attached hydrogen (secondary N) is 1. The summed E-state index contributed by atoms with van der Waals surface area (Å²) in [4.78, 5) is 3.94. The second-order valence-corrected chi connectivity index (χ2v) is 3.94. The van der Waals surface area contributed by atoms with Gasteiger partial charge in [-0.05, 0) is 23.3 Å². The van der Waals surface area contributed by atoms with Gasteiger partial charge >= 0.3 is 0 Å². The molecule has 0 saturated heterocycles. The van der Waals surface area contributed by atoms with E-state index in [1.165, 1.54) is 6.07 Å². The third-order valence-corrected chi connectivity index (χ3v) is 2.52. The Bertz CT molecular complexity index is 517. The van der Waals surface area contributed by atoms with Crippen molar-refractivity contribution in [2.24, 2.45) is 0 Å². The molecule has 0 spiro atoms. The van der Waals surface area contributed by atoms with Crippen LogP contribution in [0.4, 0.5) is 10.2 Å². The average Bonchev–Trinajstić information content (AvgIpc) is 2.39. The van der Waals surface area contributed by atoms with Gasteiger partial charge in [-0.25, -0.2) is 9.37 Å². The normalized spacial score (nSPS) is 10.3. The van der Waals surface area contributed by atoms with Crippen molar-refractivity contribution >= 4 is 5.82 Å². The SMILES string of the molecule is COCc1cccc(CNc2ncccc2F)c1. The standard InChI is InChI=1S/C14H15FN2O/c1-18-10-12-5-2-4-11(8-12)9-17-14-13(15)6-3-7-16-14/h2-8H,9-10H2,1H3,(H,16,17). The summed E-state index contributed by atoms with van der Waals surface area (Å²) in [5.41, 5.74) is 2.16. The molecule has 0 bridgehead atoms. The predicted molar refractivity (Wildman–Crippen MR) is 68.7 cm³/mol. The Labute approximate surface area is 106 Å². The number of methoxy groups -OCH3 is 1. The first-order valence-electron chi connectivity index (χ1n) is 5.71. The summed E-state index contributed by atoms with van der Waals surface area (Å²) < 4.78 is 18.4. The number of ether oxygens (including phenoxy) is 1. The largest absolute Gasteiger partial charge is 0.380 e. The minimum Gasteiger partial charge on any atom is -0.380 e. The maximum absolute atomic E-state index is 13.3. The van der Waals surface area contributed by atoms with Gasteiger partial charge in [-0.3, -0.25) is 0 Å². The van der Waals surface area contributed by atoms with Crippen LogP contribution in [0.25, 0.3) is 0 Å². The van der Waals surface area contributed by atoms with Crippen molar-refractivity contribution in [2.45, 2.75) is 13.2 Å². The van der Waals surface area contributed by atoms with Crippen molar-refractivity contribution in [1.82, 2.24) is 4.98 Å². The molecule has 4 heteroatoms. The van der Waals surface area contributed by atoms with E-state index in [4.69, 9.17) is 4.74 Å². The fourth-order valence-corrected chi connectivity index (χ4v) is 1.70. The Morgan fingerprint density at radius 3 is 2.83 bits per heavy atom. The van der Waals surface area contributed by atoms with E-state index >= 15 is 0 Å². The van der Waals surface area contributed by atoms with Gasteiger partial charge in [-0.1, -0.05) is 24.3 Å². The van der Waals surface area contributed by atoms with Gasteiger partial charge in [0, 0.05) is 19.9 Å². The van der Waals surface area contributed by atoms with Crippen LogP contribution in [0.5, 0.6) is 0 Å². The van der Waals surface area contributed by atoms with Crippen LogP contribution in [-0.2, 0) is 17.9 Å². The maximum Gasteiger partial charge on any atom is 0.165 e. The molecule has 1 aromatic carbocycles. The molecule has 2 aromatic rings. The van der Waals surface area contributed by atoms with Crippen LogP contribution in [0.1, 0.15) is 11.1 Å². The summed E-state index contributed by atoms with van der Waals surface area (Å²) in [5.74, 6) is -0.0693.